The third-order valence-corrected chi connectivity index (χ3v) is 4.76. The van der Waals surface area contributed by atoms with Crippen molar-refractivity contribution in [1.29, 1.82) is 0 Å². The van der Waals surface area contributed by atoms with Gasteiger partial charge in [0.05, 0.1) is 12.6 Å². The van der Waals surface area contributed by atoms with E-state index in [2.05, 4.69) is 26.6 Å². The van der Waals surface area contributed by atoms with Gasteiger partial charge in [-0.15, -0.1) is 0 Å². The molecular formula is C19H27BrN2O5. The molecule has 0 bridgehead atoms. The highest BCUT2D eigenvalue weighted by Crippen LogP contribution is 2.17. The fraction of sp³-hybridized carbons (Fsp3) is 0.526. The van der Waals surface area contributed by atoms with Crippen LogP contribution in [-0.4, -0.2) is 47.7 Å². The number of carbonyl (C=O) groups is 3. The summed E-state index contributed by atoms with van der Waals surface area (Å²) in [6, 6.07) is 4.82. The molecule has 0 heterocycles. The summed E-state index contributed by atoms with van der Waals surface area (Å²) in [5, 5.41) is 14.9. The van der Waals surface area contributed by atoms with E-state index in [9.17, 15) is 19.5 Å². The van der Waals surface area contributed by atoms with Crippen LogP contribution < -0.4 is 10.6 Å². The van der Waals surface area contributed by atoms with Crippen LogP contribution in [0.2, 0.25) is 0 Å². The highest BCUT2D eigenvalue weighted by atomic mass is 79.9. The first-order valence-electron chi connectivity index (χ1n) is 8.99. The first-order valence-corrected chi connectivity index (χ1v) is 9.78. The number of halogens is 1. The van der Waals surface area contributed by atoms with Crippen LogP contribution in [-0.2, 0) is 25.5 Å². The van der Waals surface area contributed by atoms with Gasteiger partial charge in [-0.3, -0.25) is 14.9 Å². The predicted octanol–water partition coefficient (Wildman–Crippen LogP) is 2.27. The van der Waals surface area contributed by atoms with Crippen LogP contribution in [0.1, 0.15) is 39.2 Å². The van der Waals surface area contributed by atoms with Crippen molar-refractivity contribution in [3.63, 3.8) is 0 Å². The van der Waals surface area contributed by atoms with E-state index in [1.165, 1.54) is 0 Å². The van der Waals surface area contributed by atoms with E-state index in [4.69, 9.17) is 4.74 Å². The Hall–Kier alpha value is -1.93. The summed E-state index contributed by atoms with van der Waals surface area (Å²) in [4.78, 5) is 36.0. The van der Waals surface area contributed by atoms with Crippen molar-refractivity contribution in [1.82, 2.24) is 10.6 Å². The van der Waals surface area contributed by atoms with Gasteiger partial charge in [-0.25, -0.2) is 4.79 Å². The van der Waals surface area contributed by atoms with E-state index in [-0.39, 0.29) is 13.0 Å². The number of carbonyl (C=O) groups excluding carboxylic acids is 2. The topological polar surface area (TPSA) is 105 Å². The van der Waals surface area contributed by atoms with E-state index in [1.54, 1.807) is 26.0 Å². The molecule has 0 aromatic heterocycles. The lowest BCUT2D eigenvalue weighted by atomic mass is 10.1. The summed E-state index contributed by atoms with van der Waals surface area (Å²) < 4.78 is 5.80. The smallest absolute Gasteiger partial charge is 0.326 e. The second kappa shape index (κ2) is 11.7. The zero-order valence-corrected chi connectivity index (χ0v) is 17.4. The molecule has 0 aliphatic rings. The van der Waals surface area contributed by atoms with E-state index in [0.29, 0.717) is 6.42 Å². The minimum absolute atomic E-state index is 0.144. The summed E-state index contributed by atoms with van der Waals surface area (Å²) in [7, 11) is 0. The maximum Gasteiger partial charge on any atom is 0.326 e. The van der Waals surface area contributed by atoms with Gasteiger partial charge in [0.15, 0.2) is 0 Å². The van der Waals surface area contributed by atoms with Crippen LogP contribution >= 0.6 is 15.9 Å². The van der Waals surface area contributed by atoms with Crippen molar-refractivity contribution < 1.29 is 24.2 Å². The Labute approximate surface area is 168 Å². The lowest BCUT2D eigenvalue weighted by Crippen LogP contribution is -2.53. The molecule has 3 N–H and O–H groups in total. The van der Waals surface area contributed by atoms with Crippen molar-refractivity contribution in [3.8, 4) is 0 Å². The van der Waals surface area contributed by atoms with Gasteiger partial charge >= 0.3 is 11.9 Å². The zero-order valence-electron chi connectivity index (χ0n) is 15.8. The third kappa shape index (κ3) is 7.68. The van der Waals surface area contributed by atoms with Crippen molar-refractivity contribution in [2.45, 2.75) is 58.2 Å². The van der Waals surface area contributed by atoms with E-state index in [0.717, 1.165) is 16.5 Å². The molecule has 0 saturated heterocycles. The Kier molecular flexibility index (Phi) is 10.0. The molecule has 1 aromatic carbocycles. The van der Waals surface area contributed by atoms with E-state index >= 15 is 0 Å². The van der Waals surface area contributed by atoms with Crippen LogP contribution in [0.15, 0.2) is 28.7 Å². The fourth-order valence-electron chi connectivity index (χ4n) is 2.56. The molecule has 0 saturated carbocycles. The number of hydrogen-bond donors (Lipinski definition) is 3. The highest BCUT2D eigenvalue weighted by molar-refractivity contribution is 9.10. The molecule has 0 spiro atoms. The number of nitrogens with one attached hydrogen (secondary N) is 2. The largest absolute Gasteiger partial charge is 0.480 e. The molecule has 0 aliphatic carbocycles. The first kappa shape index (κ1) is 23.1. The normalized spacial score (nSPS) is 14.1. The SMILES string of the molecule is CCC[C@H](N[C@@H](C)C(=O)N[C@@H](Cc1ccccc1Br)C(=O)O)C(=O)OCC. The molecule has 0 unspecified atom stereocenters. The number of amides is 1. The number of benzene rings is 1. The van der Waals surface area contributed by atoms with Crippen molar-refractivity contribution in [3.05, 3.63) is 34.3 Å². The summed E-state index contributed by atoms with van der Waals surface area (Å²) in [6.07, 6.45) is 1.41. The van der Waals surface area contributed by atoms with Crippen LogP contribution in [0.3, 0.4) is 0 Å². The predicted molar refractivity (Wildman–Crippen MR) is 105 cm³/mol. The molecule has 1 rings (SSSR count). The number of carboxylic acids is 1. The van der Waals surface area contributed by atoms with Gasteiger partial charge in [0.1, 0.15) is 12.1 Å². The Bertz CT molecular complexity index is 653. The molecule has 0 fully saturated rings. The van der Waals surface area contributed by atoms with E-state index in [1.807, 2.05) is 19.1 Å². The van der Waals surface area contributed by atoms with Crippen molar-refractivity contribution in [2.24, 2.45) is 0 Å². The van der Waals surface area contributed by atoms with Crippen molar-refractivity contribution >= 4 is 33.8 Å². The molecular weight excluding hydrogens is 416 g/mol. The molecule has 7 nitrogen and oxygen atoms in total. The molecule has 0 radical (unpaired) electrons. The standard InChI is InChI=1S/C19H27BrN2O5/c1-4-8-15(19(26)27-5-2)21-12(3)17(23)22-16(18(24)25)11-13-9-6-7-10-14(13)20/h6-7,9-10,12,15-16,21H,4-5,8,11H2,1-3H3,(H,22,23)(H,24,25)/t12-,15-,16-/m0/s1. The van der Waals surface area contributed by atoms with Crippen LogP contribution in [0.4, 0.5) is 0 Å². The Morgan fingerprint density at radius 2 is 1.85 bits per heavy atom. The summed E-state index contributed by atoms with van der Waals surface area (Å²) in [5.41, 5.74) is 0.779. The van der Waals surface area contributed by atoms with Gasteiger partial charge in [0.2, 0.25) is 5.91 Å². The average molecular weight is 443 g/mol. The molecule has 150 valence electrons. The number of carboxylic acid groups (broad SMARTS) is 1. The molecule has 1 amide bonds. The van der Waals surface area contributed by atoms with Gasteiger partial charge in [0.25, 0.3) is 0 Å². The number of aliphatic carboxylic acids is 1. The van der Waals surface area contributed by atoms with E-state index < -0.39 is 36.0 Å². The Balaban J connectivity index is 2.75. The second-order valence-electron chi connectivity index (χ2n) is 6.18. The second-order valence-corrected chi connectivity index (χ2v) is 7.03. The monoisotopic (exact) mass is 442 g/mol. The van der Waals surface area contributed by atoms with Gasteiger partial charge < -0.3 is 15.2 Å². The van der Waals surface area contributed by atoms with Gasteiger partial charge in [-0.1, -0.05) is 47.5 Å². The summed E-state index contributed by atoms with van der Waals surface area (Å²) in [6.45, 7) is 5.50. The summed E-state index contributed by atoms with van der Waals surface area (Å²) in [5.74, 6) is -2.02. The maximum atomic E-state index is 12.5. The molecule has 0 aliphatic heterocycles. The van der Waals surface area contributed by atoms with Gasteiger partial charge in [0, 0.05) is 10.9 Å². The van der Waals surface area contributed by atoms with Crippen LogP contribution in [0.5, 0.6) is 0 Å². The minimum atomic E-state index is -1.12. The van der Waals surface area contributed by atoms with Crippen LogP contribution in [0, 0.1) is 0 Å². The Morgan fingerprint density at radius 1 is 1.19 bits per heavy atom. The number of rotatable bonds is 11. The Morgan fingerprint density at radius 3 is 2.41 bits per heavy atom. The average Bonchev–Trinajstić information content (AvgIpc) is 2.62. The fourth-order valence-corrected chi connectivity index (χ4v) is 3.01. The molecule has 8 heteroatoms. The lowest BCUT2D eigenvalue weighted by molar-refractivity contribution is -0.146. The van der Waals surface area contributed by atoms with Gasteiger partial charge in [-0.05, 0) is 31.9 Å². The zero-order chi connectivity index (χ0) is 20.4. The molecule has 1 aromatic rings. The third-order valence-electron chi connectivity index (χ3n) is 3.99. The molecule has 3 atom stereocenters. The quantitative estimate of drug-likeness (QED) is 0.454. The highest BCUT2D eigenvalue weighted by Gasteiger charge is 2.27. The lowest BCUT2D eigenvalue weighted by Gasteiger charge is -2.23. The first-order chi connectivity index (χ1) is 12.8. The minimum Gasteiger partial charge on any atom is -0.480 e. The number of ether oxygens (including phenoxy) is 1. The molecule has 27 heavy (non-hydrogen) atoms. The maximum absolute atomic E-state index is 12.5. The van der Waals surface area contributed by atoms with Crippen molar-refractivity contribution in [2.75, 3.05) is 6.61 Å². The number of hydrogen-bond acceptors (Lipinski definition) is 5. The number of esters is 1. The summed E-state index contributed by atoms with van der Waals surface area (Å²) >= 11 is 3.38. The van der Waals surface area contributed by atoms with Gasteiger partial charge in [-0.2, -0.15) is 0 Å². The van der Waals surface area contributed by atoms with Crippen LogP contribution in [0.25, 0.3) is 0 Å².